The summed E-state index contributed by atoms with van der Waals surface area (Å²) in [6, 6.07) is -3.99. The number of rotatable bonds is 0. The van der Waals surface area contributed by atoms with Crippen molar-refractivity contribution in [2.75, 3.05) is 6.54 Å². The third-order valence-electron chi connectivity index (χ3n) is 1.25. The summed E-state index contributed by atoms with van der Waals surface area (Å²) in [5, 5.41) is 1.40. The molecule has 0 aromatic rings. The van der Waals surface area contributed by atoms with Crippen molar-refractivity contribution < 1.29 is 17.6 Å². The molecule has 0 aliphatic carbocycles. The van der Waals surface area contributed by atoms with Crippen molar-refractivity contribution in [2.45, 2.75) is 18.4 Å². The number of hydrogen-bond acceptors (Lipinski definition) is 1. The zero-order valence-electron chi connectivity index (χ0n) is 4.83. The van der Waals surface area contributed by atoms with Gasteiger partial charge in [-0.2, -0.15) is 17.6 Å². The minimum Gasteiger partial charge on any atom is -0.253 e. The zero-order chi connectivity index (χ0) is 7.12. The molecule has 6 heteroatoms. The highest BCUT2D eigenvalue weighted by atomic mass is 35.5. The third-order valence-corrected chi connectivity index (χ3v) is 1.25. The Labute approximate surface area is 61.2 Å². The second kappa shape index (κ2) is 2.54. The molecule has 0 atom stereocenters. The zero-order valence-corrected chi connectivity index (χ0v) is 5.65. The second-order valence-electron chi connectivity index (χ2n) is 1.96. The largest absolute Gasteiger partial charge is 0.365 e. The van der Waals surface area contributed by atoms with Gasteiger partial charge in [0.1, 0.15) is 0 Å². The predicted molar refractivity (Wildman–Crippen MR) is 29.8 cm³/mol. The van der Waals surface area contributed by atoms with Gasteiger partial charge in [-0.25, -0.2) is 0 Å². The maximum atomic E-state index is 11.9. The summed E-state index contributed by atoms with van der Waals surface area (Å²) in [6.45, 7) is -0.319. The molecule has 1 N–H and O–H groups in total. The molecule has 1 aliphatic heterocycles. The van der Waals surface area contributed by atoms with E-state index >= 15 is 0 Å². The maximum Gasteiger partial charge on any atom is 0.365 e. The Morgan fingerprint density at radius 3 is 1.70 bits per heavy atom. The Morgan fingerprint density at radius 2 is 1.60 bits per heavy atom. The molecule has 0 saturated carbocycles. The molecular weight excluding hydrogens is 173 g/mol. The van der Waals surface area contributed by atoms with Crippen molar-refractivity contribution in [3.63, 3.8) is 0 Å². The van der Waals surface area contributed by atoms with Crippen LogP contribution in [0.15, 0.2) is 0 Å². The average molecular weight is 180 g/mol. The molecule has 1 rings (SSSR count). The number of halogens is 5. The fourth-order valence-corrected chi connectivity index (χ4v) is 0.663. The van der Waals surface area contributed by atoms with Gasteiger partial charge in [-0.3, -0.25) is 5.32 Å². The number of alkyl halides is 4. The van der Waals surface area contributed by atoms with Gasteiger partial charge >= 0.3 is 12.0 Å². The van der Waals surface area contributed by atoms with Crippen molar-refractivity contribution >= 4 is 12.4 Å². The van der Waals surface area contributed by atoms with Gasteiger partial charge in [0, 0.05) is 13.0 Å². The van der Waals surface area contributed by atoms with Crippen molar-refractivity contribution in [1.29, 1.82) is 0 Å². The van der Waals surface area contributed by atoms with Crippen LogP contribution in [0.3, 0.4) is 0 Å². The van der Waals surface area contributed by atoms with Crippen molar-refractivity contribution in [3.05, 3.63) is 0 Å². The molecule has 1 fully saturated rings. The van der Waals surface area contributed by atoms with E-state index < -0.39 is 18.4 Å². The lowest BCUT2D eigenvalue weighted by Gasteiger charge is -2.16. The normalized spacial score (nSPS) is 27.6. The van der Waals surface area contributed by atoms with Crippen molar-refractivity contribution in [1.82, 2.24) is 5.32 Å². The molecule has 1 saturated heterocycles. The monoisotopic (exact) mass is 179 g/mol. The van der Waals surface area contributed by atoms with Crippen LogP contribution in [0.2, 0.25) is 0 Å². The first-order chi connectivity index (χ1) is 3.96. The van der Waals surface area contributed by atoms with E-state index in [2.05, 4.69) is 0 Å². The standard InChI is InChI=1S/C4H5F4N.ClH/c5-3(6)1-2-9-4(3,7)8;/h9H,1-2H2;1H. The highest BCUT2D eigenvalue weighted by Crippen LogP contribution is 2.38. The van der Waals surface area contributed by atoms with E-state index in [0.717, 1.165) is 0 Å². The first-order valence-corrected chi connectivity index (χ1v) is 2.46. The average Bonchev–Trinajstić information content (AvgIpc) is 1.81. The molecule has 1 heterocycles. The molecule has 1 aliphatic rings. The molecule has 0 aromatic carbocycles. The number of hydrogen-bond donors (Lipinski definition) is 1. The summed E-state index contributed by atoms with van der Waals surface area (Å²) in [6.07, 6.45) is -0.778. The predicted octanol–water partition coefficient (Wildman–Crippen LogP) is 1.63. The Bertz CT molecular complexity index is 112. The van der Waals surface area contributed by atoms with E-state index in [0.29, 0.717) is 0 Å². The Balaban J connectivity index is 0.000000810. The van der Waals surface area contributed by atoms with Crippen LogP contribution in [0.1, 0.15) is 6.42 Å². The lowest BCUT2D eigenvalue weighted by Crippen LogP contribution is -2.43. The smallest absolute Gasteiger partial charge is 0.253 e. The van der Waals surface area contributed by atoms with Crippen LogP contribution in [0.25, 0.3) is 0 Å². The summed E-state index contributed by atoms with van der Waals surface area (Å²) in [5.74, 6) is -3.85. The fourth-order valence-electron chi connectivity index (χ4n) is 0.663. The molecule has 0 radical (unpaired) electrons. The highest BCUT2D eigenvalue weighted by Gasteiger charge is 2.59. The van der Waals surface area contributed by atoms with Gasteiger partial charge in [0.2, 0.25) is 0 Å². The maximum absolute atomic E-state index is 11.9. The SMILES string of the molecule is Cl.FC1(F)CCNC1(F)F. The quantitative estimate of drug-likeness (QED) is 0.440. The molecule has 10 heavy (non-hydrogen) atoms. The summed E-state index contributed by atoms with van der Waals surface area (Å²) in [4.78, 5) is 0. The van der Waals surface area contributed by atoms with Gasteiger partial charge < -0.3 is 0 Å². The van der Waals surface area contributed by atoms with Crippen molar-refractivity contribution in [2.24, 2.45) is 0 Å². The van der Waals surface area contributed by atoms with Crippen LogP contribution in [-0.2, 0) is 0 Å². The minimum atomic E-state index is -3.99. The summed E-state index contributed by atoms with van der Waals surface area (Å²) >= 11 is 0. The van der Waals surface area contributed by atoms with Crippen LogP contribution < -0.4 is 5.32 Å². The topological polar surface area (TPSA) is 12.0 Å². The van der Waals surface area contributed by atoms with Gasteiger partial charge in [0.05, 0.1) is 0 Å². The van der Waals surface area contributed by atoms with Gasteiger partial charge in [0.25, 0.3) is 0 Å². The van der Waals surface area contributed by atoms with E-state index in [1.165, 1.54) is 5.32 Å². The van der Waals surface area contributed by atoms with E-state index in [-0.39, 0.29) is 19.0 Å². The minimum absolute atomic E-state index is 0. The van der Waals surface area contributed by atoms with E-state index in [1.54, 1.807) is 0 Å². The number of nitrogens with one attached hydrogen (secondary N) is 1. The Hall–Kier alpha value is -0.0300. The van der Waals surface area contributed by atoms with Crippen LogP contribution in [-0.4, -0.2) is 18.5 Å². The lowest BCUT2D eigenvalue weighted by atomic mass is 10.3. The molecule has 0 spiro atoms. The van der Waals surface area contributed by atoms with Gasteiger partial charge in [-0.1, -0.05) is 0 Å². The summed E-state index contributed by atoms with van der Waals surface area (Å²) in [5.41, 5.74) is 0. The Kier molecular flexibility index (Phi) is 2.53. The van der Waals surface area contributed by atoms with Gasteiger partial charge in [0.15, 0.2) is 0 Å². The van der Waals surface area contributed by atoms with Gasteiger partial charge in [-0.05, 0) is 0 Å². The second-order valence-corrected chi connectivity index (χ2v) is 1.96. The molecule has 0 unspecified atom stereocenters. The first-order valence-electron chi connectivity index (χ1n) is 2.46. The molecule has 0 bridgehead atoms. The molecule has 0 amide bonds. The highest BCUT2D eigenvalue weighted by molar-refractivity contribution is 5.85. The summed E-state index contributed by atoms with van der Waals surface area (Å²) < 4.78 is 47.5. The van der Waals surface area contributed by atoms with Crippen LogP contribution >= 0.6 is 12.4 Å². The molecule has 62 valence electrons. The van der Waals surface area contributed by atoms with Crippen LogP contribution in [0.4, 0.5) is 17.6 Å². The van der Waals surface area contributed by atoms with Crippen LogP contribution in [0.5, 0.6) is 0 Å². The van der Waals surface area contributed by atoms with E-state index in [4.69, 9.17) is 0 Å². The van der Waals surface area contributed by atoms with E-state index in [1.807, 2.05) is 0 Å². The summed E-state index contributed by atoms with van der Waals surface area (Å²) in [7, 11) is 0. The molecule has 1 nitrogen and oxygen atoms in total. The van der Waals surface area contributed by atoms with Crippen molar-refractivity contribution in [3.8, 4) is 0 Å². The molecule has 0 aromatic heterocycles. The van der Waals surface area contributed by atoms with Crippen LogP contribution in [0, 0.1) is 0 Å². The first kappa shape index (κ1) is 9.97. The third kappa shape index (κ3) is 1.34. The fraction of sp³-hybridized carbons (Fsp3) is 1.00. The Morgan fingerprint density at radius 1 is 1.10 bits per heavy atom. The molecular formula is C4H6ClF4N. The van der Waals surface area contributed by atoms with Gasteiger partial charge in [-0.15, -0.1) is 12.4 Å². The lowest BCUT2D eigenvalue weighted by molar-refractivity contribution is -0.197. The van der Waals surface area contributed by atoms with E-state index in [9.17, 15) is 17.6 Å².